The number of nitrogens with two attached hydrogens (primary N) is 1. The summed E-state index contributed by atoms with van der Waals surface area (Å²) in [5, 5.41) is 10.5. The van der Waals surface area contributed by atoms with E-state index >= 15 is 0 Å². The van der Waals surface area contributed by atoms with Crippen molar-refractivity contribution in [2.45, 2.75) is 0 Å². The van der Waals surface area contributed by atoms with Crippen LogP contribution in [0.3, 0.4) is 0 Å². The Labute approximate surface area is 69.5 Å². The predicted molar refractivity (Wildman–Crippen MR) is 47.6 cm³/mol. The normalized spacial score (nSPS) is 9.33. The fraction of sp³-hybridized carbons (Fsp3) is 0. The standard InChI is InChI=1S/C8H8N2O2/c1-2-6-4-3-5-7(9)8(6)10(11)12/h2-5H,1,9H2. The Kier molecular flexibility index (Phi) is 2.09. The van der Waals surface area contributed by atoms with Crippen molar-refractivity contribution in [1.82, 2.24) is 0 Å². The van der Waals surface area contributed by atoms with E-state index in [0.29, 0.717) is 5.56 Å². The molecular weight excluding hydrogens is 156 g/mol. The van der Waals surface area contributed by atoms with Crippen LogP contribution in [0.5, 0.6) is 0 Å². The van der Waals surface area contributed by atoms with Crippen LogP contribution in [0.1, 0.15) is 5.56 Å². The maximum atomic E-state index is 10.5. The van der Waals surface area contributed by atoms with Gasteiger partial charge in [0.15, 0.2) is 0 Å². The molecule has 2 N–H and O–H groups in total. The van der Waals surface area contributed by atoms with E-state index in [1.54, 1.807) is 12.1 Å². The summed E-state index contributed by atoms with van der Waals surface area (Å²) in [5.41, 5.74) is 5.94. The van der Waals surface area contributed by atoms with E-state index in [1.165, 1.54) is 12.1 Å². The third-order valence-corrected chi connectivity index (χ3v) is 1.50. The third-order valence-electron chi connectivity index (χ3n) is 1.50. The molecule has 0 bridgehead atoms. The minimum Gasteiger partial charge on any atom is -0.393 e. The van der Waals surface area contributed by atoms with Crippen molar-refractivity contribution in [3.63, 3.8) is 0 Å². The molecule has 0 aliphatic carbocycles. The van der Waals surface area contributed by atoms with Gasteiger partial charge in [-0.1, -0.05) is 18.7 Å². The average molecular weight is 164 g/mol. The van der Waals surface area contributed by atoms with Gasteiger partial charge >= 0.3 is 0 Å². The summed E-state index contributed by atoms with van der Waals surface area (Å²) < 4.78 is 0. The summed E-state index contributed by atoms with van der Waals surface area (Å²) >= 11 is 0. The first kappa shape index (κ1) is 8.26. The van der Waals surface area contributed by atoms with Crippen LogP contribution in [0.2, 0.25) is 0 Å². The van der Waals surface area contributed by atoms with Gasteiger partial charge in [-0.15, -0.1) is 0 Å². The van der Waals surface area contributed by atoms with Crippen molar-refractivity contribution in [2.75, 3.05) is 5.73 Å². The second-order valence-corrected chi connectivity index (χ2v) is 2.25. The topological polar surface area (TPSA) is 69.2 Å². The van der Waals surface area contributed by atoms with E-state index < -0.39 is 4.92 Å². The molecule has 62 valence electrons. The first-order chi connectivity index (χ1) is 5.66. The number of hydrogen-bond donors (Lipinski definition) is 1. The zero-order chi connectivity index (χ0) is 9.14. The summed E-state index contributed by atoms with van der Waals surface area (Å²) in [5.74, 6) is 0. The monoisotopic (exact) mass is 164 g/mol. The summed E-state index contributed by atoms with van der Waals surface area (Å²) in [6.45, 7) is 3.46. The molecule has 0 aliphatic rings. The quantitative estimate of drug-likeness (QED) is 0.411. The molecule has 1 aromatic rings. The molecule has 1 aromatic carbocycles. The van der Waals surface area contributed by atoms with E-state index in [2.05, 4.69) is 6.58 Å². The summed E-state index contributed by atoms with van der Waals surface area (Å²) in [7, 11) is 0. The lowest BCUT2D eigenvalue weighted by molar-refractivity contribution is -0.384. The number of hydrogen-bond acceptors (Lipinski definition) is 3. The maximum Gasteiger partial charge on any atom is 0.299 e. The van der Waals surface area contributed by atoms with E-state index in [9.17, 15) is 10.1 Å². The van der Waals surface area contributed by atoms with Crippen LogP contribution in [0.15, 0.2) is 24.8 Å². The summed E-state index contributed by atoms with van der Waals surface area (Å²) in [4.78, 5) is 9.97. The lowest BCUT2D eigenvalue weighted by Gasteiger charge is -1.99. The molecule has 12 heavy (non-hydrogen) atoms. The molecule has 0 spiro atoms. The first-order valence-electron chi connectivity index (χ1n) is 3.32. The molecule has 0 heterocycles. The number of nitro groups is 1. The average Bonchev–Trinajstić information content (AvgIpc) is 2.03. The molecule has 0 atom stereocenters. The van der Waals surface area contributed by atoms with Gasteiger partial charge in [-0.25, -0.2) is 0 Å². The molecule has 0 saturated heterocycles. The van der Waals surface area contributed by atoms with Gasteiger partial charge in [-0.3, -0.25) is 10.1 Å². The molecule has 0 fully saturated rings. The van der Waals surface area contributed by atoms with E-state index in [0.717, 1.165) is 0 Å². The van der Waals surface area contributed by atoms with Crippen LogP contribution >= 0.6 is 0 Å². The van der Waals surface area contributed by atoms with Crippen LogP contribution in [0, 0.1) is 10.1 Å². The third kappa shape index (κ3) is 1.27. The number of anilines is 1. The minimum absolute atomic E-state index is 0.0764. The Morgan fingerprint density at radius 1 is 1.58 bits per heavy atom. The molecule has 0 aliphatic heterocycles. The Hall–Kier alpha value is -1.84. The van der Waals surface area contributed by atoms with Crippen molar-refractivity contribution >= 4 is 17.5 Å². The van der Waals surface area contributed by atoms with Crippen LogP contribution in [0.4, 0.5) is 11.4 Å². The molecule has 0 amide bonds. The molecule has 0 aromatic heterocycles. The second-order valence-electron chi connectivity index (χ2n) is 2.25. The molecule has 0 unspecified atom stereocenters. The van der Waals surface area contributed by atoms with Gasteiger partial charge in [0, 0.05) is 0 Å². The smallest absolute Gasteiger partial charge is 0.299 e. The minimum atomic E-state index is -0.508. The van der Waals surface area contributed by atoms with Crippen LogP contribution in [-0.4, -0.2) is 4.92 Å². The van der Waals surface area contributed by atoms with Crippen molar-refractivity contribution < 1.29 is 4.92 Å². The number of nitro benzene ring substituents is 1. The highest BCUT2D eigenvalue weighted by Crippen LogP contribution is 2.26. The zero-order valence-corrected chi connectivity index (χ0v) is 6.36. The summed E-state index contributed by atoms with van der Waals surface area (Å²) in [6.07, 6.45) is 1.41. The van der Waals surface area contributed by atoms with Crippen molar-refractivity contribution in [1.29, 1.82) is 0 Å². The fourth-order valence-corrected chi connectivity index (χ4v) is 0.956. The van der Waals surface area contributed by atoms with Crippen LogP contribution in [0.25, 0.3) is 6.08 Å². The number of para-hydroxylation sites is 1. The Balaban J connectivity index is 3.39. The molecule has 0 saturated carbocycles. The Bertz CT molecular complexity index is 334. The number of nitrogen functional groups attached to an aromatic ring is 1. The summed E-state index contributed by atoms with van der Waals surface area (Å²) in [6, 6.07) is 4.74. The Morgan fingerprint density at radius 3 is 2.67 bits per heavy atom. The number of benzene rings is 1. The van der Waals surface area contributed by atoms with Gasteiger partial charge in [0.05, 0.1) is 10.5 Å². The van der Waals surface area contributed by atoms with Gasteiger partial charge in [-0.2, -0.15) is 0 Å². The van der Waals surface area contributed by atoms with E-state index in [4.69, 9.17) is 5.73 Å². The van der Waals surface area contributed by atoms with Gasteiger partial charge in [0.25, 0.3) is 5.69 Å². The molecular formula is C8H8N2O2. The van der Waals surface area contributed by atoms with Crippen LogP contribution in [-0.2, 0) is 0 Å². The first-order valence-corrected chi connectivity index (χ1v) is 3.32. The van der Waals surface area contributed by atoms with Crippen molar-refractivity contribution in [2.24, 2.45) is 0 Å². The Morgan fingerprint density at radius 2 is 2.25 bits per heavy atom. The maximum absolute atomic E-state index is 10.5. The van der Waals surface area contributed by atoms with E-state index in [-0.39, 0.29) is 11.4 Å². The highest BCUT2D eigenvalue weighted by molar-refractivity contribution is 5.71. The van der Waals surface area contributed by atoms with Gasteiger partial charge in [-0.05, 0) is 12.1 Å². The lowest BCUT2D eigenvalue weighted by Crippen LogP contribution is -1.97. The fourth-order valence-electron chi connectivity index (χ4n) is 0.956. The predicted octanol–water partition coefficient (Wildman–Crippen LogP) is 1.82. The molecule has 4 heteroatoms. The molecule has 4 nitrogen and oxygen atoms in total. The molecule has 0 radical (unpaired) electrons. The number of rotatable bonds is 2. The SMILES string of the molecule is C=Cc1cccc(N)c1[N+](=O)[O-]. The zero-order valence-electron chi connectivity index (χ0n) is 6.36. The number of nitrogens with zero attached hydrogens (tertiary/aromatic N) is 1. The van der Waals surface area contributed by atoms with Gasteiger partial charge < -0.3 is 5.73 Å². The molecule has 1 rings (SSSR count). The van der Waals surface area contributed by atoms with E-state index in [1.807, 2.05) is 0 Å². The van der Waals surface area contributed by atoms with Crippen LogP contribution < -0.4 is 5.73 Å². The lowest BCUT2D eigenvalue weighted by atomic mass is 10.1. The van der Waals surface area contributed by atoms with Gasteiger partial charge in [0.2, 0.25) is 0 Å². The van der Waals surface area contributed by atoms with Crippen molar-refractivity contribution in [3.05, 3.63) is 40.5 Å². The highest BCUT2D eigenvalue weighted by Gasteiger charge is 2.14. The second kappa shape index (κ2) is 3.04. The largest absolute Gasteiger partial charge is 0.393 e. The van der Waals surface area contributed by atoms with Gasteiger partial charge in [0.1, 0.15) is 5.69 Å². The highest BCUT2D eigenvalue weighted by atomic mass is 16.6. The van der Waals surface area contributed by atoms with Crippen molar-refractivity contribution in [3.8, 4) is 0 Å².